The molecule has 0 radical (unpaired) electrons. The Balaban J connectivity index is 2.69. The van der Waals surface area contributed by atoms with E-state index >= 15 is 0 Å². The van der Waals surface area contributed by atoms with Gasteiger partial charge in [-0.2, -0.15) is 0 Å². The van der Waals surface area contributed by atoms with Crippen molar-refractivity contribution in [3.8, 4) is 5.69 Å². The number of nitrogens with zero attached hydrogens (tertiary/aromatic N) is 3. The van der Waals surface area contributed by atoms with E-state index < -0.39 is 11.6 Å². The lowest BCUT2D eigenvalue weighted by molar-refractivity contribution is 0.568. The Morgan fingerprint density at radius 3 is 2.56 bits per heavy atom. The van der Waals surface area contributed by atoms with Crippen LogP contribution in [0.4, 0.5) is 14.6 Å². The van der Waals surface area contributed by atoms with Crippen LogP contribution in [0, 0.1) is 18.6 Å². The lowest BCUT2D eigenvalue weighted by atomic mass is 10.3. The van der Waals surface area contributed by atoms with Crippen molar-refractivity contribution in [2.45, 2.75) is 6.92 Å². The van der Waals surface area contributed by atoms with Crippen LogP contribution >= 0.6 is 15.9 Å². The predicted molar refractivity (Wildman–Crippen MR) is 58.1 cm³/mol. The lowest BCUT2D eigenvalue weighted by Gasteiger charge is -2.07. The minimum atomic E-state index is -0.736. The molecule has 84 valence electrons. The molecule has 0 atom stereocenters. The molecule has 4 nitrogen and oxygen atoms in total. The first kappa shape index (κ1) is 11.0. The summed E-state index contributed by atoms with van der Waals surface area (Å²) < 4.78 is 27.9. The van der Waals surface area contributed by atoms with Crippen molar-refractivity contribution >= 4 is 21.7 Å². The van der Waals surface area contributed by atoms with Crippen LogP contribution in [-0.4, -0.2) is 15.0 Å². The molecule has 0 aliphatic rings. The molecule has 1 aromatic heterocycles. The van der Waals surface area contributed by atoms with Gasteiger partial charge in [-0.1, -0.05) is 5.21 Å². The van der Waals surface area contributed by atoms with E-state index in [4.69, 9.17) is 5.73 Å². The molecule has 0 bridgehead atoms. The fourth-order valence-electron chi connectivity index (χ4n) is 1.29. The molecule has 1 heterocycles. The molecule has 0 amide bonds. The predicted octanol–water partition coefficient (Wildman–Crippen LogP) is 2.20. The van der Waals surface area contributed by atoms with Gasteiger partial charge in [-0.15, -0.1) is 5.10 Å². The maximum atomic E-state index is 13.6. The third-order valence-corrected chi connectivity index (χ3v) is 2.73. The third kappa shape index (κ3) is 1.67. The second kappa shape index (κ2) is 3.82. The average molecular weight is 289 g/mol. The first-order valence-corrected chi connectivity index (χ1v) is 5.12. The molecule has 2 N–H and O–H groups in total. The second-order valence-electron chi connectivity index (χ2n) is 3.19. The minimum absolute atomic E-state index is 0.0862. The van der Waals surface area contributed by atoms with E-state index in [1.807, 2.05) is 0 Å². The standard InChI is InChI=1S/C9H7BrF2N4/c1-4-9(13)14-15-16(4)8-6(10)2-5(11)3-7(8)12/h2-3H,13H2,1H3. The van der Waals surface area contributed by atoms with E-state index in [9.17, 15) is 8.78 Å². The van der Waals surface area contributed by atoms with Gasteiger partial charge in [-0.05, 0) is 28.9 Å². The summed E-state index contributed by atoms with van der Waals surface area (Å²) in [4.78, 5) is 0. The van der Waals surface area contributed by atoms with Crippen molar-refractivity contribution in [3.63, 3.8) is 0 Å². The first-order valence-electron chi connectivity index (χ1n) is 4.33. The Kier molecular flexibility index (Phi) is 2.63. The van der Waals surface area contributed by atoms with Gasteiger partial charge in [0.05, 0.1) is 5.69 Å². The summed E-state index contributed by atoms with van der Waals surface area (Å²) in [6, 6.07) is 1.92. The average Bonchev–Trinajstić information content (AvgIpc) is 2.48. The zero-order valence-corrected chi connectivity index (χ0v) is 9.79. The van der Waals surface area contributed by atoms with E-state index in [0.717, 1.165) is 12.1 Å². The number of aromatic nitrogens is 3. The molecule has 2 rings (SSSR count). The molecule has 0 saturated heterocycles. The van der Waals surface area contributed by atoms with Crippen LogP contribution in [0.5, 0.6) is 0 Å². The highest BCUT2D eigenvalue weighted by Crippen LogP contribution is 2.26. The number of halogens is 3. The molecular weight excluding hydrogens is 282 g/mol. The van der Waals surface area contributed by atoms with Gasteiger partial charge < -0.3 is 5.73 Å². The van der Waals surface area contributed by atoms with Crippen LogP contribution in [0.25, 0.3) is 5.69 Å². The molecule has 0 aliphatic carbocycles. The van der Waals surface area contributed by atoms with Crippen LogP contribution in [0.1, 0.15) is 5.69 Å². The van der Waals surface area contributed by atoms with Gasteiger partial charge in [-0.25, -0.2) is 13.5 Å². The van der Waals surface area contributed by atoms with Gasteiger partial charge in [0.1, 0.15) is 11.5 Å². The Bertz CT molecular complexity index is 529. The lowest BCUT2D eigenvalue weighted by Crippen LogP contribution is -2.04. The Hall–Kier alpha value is -1.50. The molecular formula is C9H7BrF2N4. The summed E-state index contributed by atoms with van der Waals surface area (Å²) in [6.45, 7) is 1.64. The maximum Gasteiger partial charge on any atom is 0.169 e. The molecule has 16 heavy (non-hydrogen) atoms. The zero-order valence-electron chi connectivity index (χ0n) is 8.21. The van der Waals surface area contributed by atoms with E-state index in [0.29, 0.717) is 5.69 Å². The molecule has 0 fully saturated rings. The number of rotatable bonds is 1. The highest BCUT2D eigenvalue weighted by atomic mass is 79.9. The summed E-state index contributed by atoms with van der Waals surface area (Å²) in [5.41, 5.74) is 6.08. The Labute approximate surface area is 98.2 Å². The van der Waals surface area contributed by atoms with E-state index in [2.05, 4.69) is 26.2 Å². The normalized spacial score (nSPS) is 10.8. The van der Waals surface area contributed by atoms with Crippen molar-refractivity contribution in [1.82, 2.24) is 15.0 Å². The van der Waals surface area contributed by atoms with Crippen LogP contribution in [-0.2, 0) is 0 Å². The monoisotopic (exact) mass is 288 g/mol. The molecule has 2 aromatic rings. The van der Waals surface area contributed by atoms with Gasteiger partial charge in [0, 0.05) is 10.5 Å². The quantitative estimate of drug-likeness (QED) is 0.875. The zero-order chi connectivity index (χ0) is 11.9. The highest BCUT2D eigenvalue weighted by Gasteiger charge is 2.16. The smallest absolute Gasteiger partial charge is 0.169 e. The molecule has 0 aliphatic heterocycles. The third-order valence-electron chi connectivity index (χ3n) is 2.12. The van der Waals surface area contributed by atoms with Gasteiger partial charge >= 0.3 is 0 Å². The number of benzene rings is 1. The largest absolute Gasteiger partial charge is 0.381 e. The van der Waals surface area contributed by atoms with Crippen molar-refractivity contribution in [2.75, 3.05) is 5.73 Å². The van der Waals surface area contributed by atoms with Crippen molar-refractivity contribution < 1.29 is 8.78 Å². The Morgan fingerprint density at radius 2 is 2.06 bits per heavy atom. The number of nitrogens with two attached hydrogens (primary N) is 1. The summed E-state index contributed by atoms with van der Waals surface area (Å²) >= 11 is 3.07. The Morgan fingerprint density at radius 1 is 1.38 bits per heavy atom. The van der Waals surface area contributed by atoms with Crippen molar-refractivity contribution in [2.24, 2.45) is 0 Å². The topological polar surface area (TPSA) is 56.7 Å². The van der Waals surface area contributed by atoms with Crippen molar-refractivity contribution in [3.05, 3.63) is 33.9 Å². The highest BCUT2D eigenvalue weighted by molar-refractivity contribution is 9.10. The summed E-state index contributed by atoms with van der Waals surface area (Å²) in [5.74, 6) is -1.20. The fraction of sp³-hybridized carbons (Fsp3) is 0.111. The maximum absolute atomic E-state index is 13.6. The van der Waals surface area contributed by atoms with Crippen LogP contribution in [0.3, 0.4) is 0 Å². The second-order valence-corrected chi connectivity index (χ2v) is 4.04. The van der Waals surface area contributed by atoms with E-state index in [1.54, 1.807) is 6.92 Å². The molecule has 0 saturated carbocycles. The number of hydrogen-bond acceptors (Lipinski definition) is 3. The van der Waals surface area contributed by atoms with Gasteiger partial charge in [0.15, 0.2) is 11.6 Å². The van der Waals surface area contributed by atoms with Crippen LogP contribution < -0.4 is 5.73 Å². The number of hydrogen-bond donors (Lipinski definition) is 1. The molecule has 0 spiro atoms. The minimum Gasteiger partial charge on any atom is -0.381 e. The molecule has 7 heteroatoms. The number of anilines is 1. The van der Waals surface area contributed by atoms with Gasteiger partial charge in [-0.3, -0.25) is 0 Å². The van der Waals surface area contributed by atoms with Crippen LogP contribution in [0.15, 0.2) is 16.6 Å². The summed E-state index contributed by atoms with van der Waals surface area (Å²) in [7, 11) is 0. The van der Waals surface area contributed by atoms with E-state index in [1.165, 1.54) is 4.68 Å². The SMILES string of the molecule is Cc1c(N)nnn1-c1c(F)cc(F)cc1Br. The summed E-state index contributed by atoms with van der Waals surface area (Å²) in [6.07, 6.45) is 0. The van der Waals surface area contributed by atoms with Crippen molar-refractivity contribution in [1.29, 1.82) is 0 Å². The van der Waals surface area contributed by atoms with Gasteiger partial charge in [0.2, 0.25) is 0 Å². The molecule has 0 unspecified atom stereocenters. The molecule has 1 aromatic carbocycles. The first-order chi connectivity index (χ1) is 7.50. The van der Waals surface area contributed by atoms with E-state index in [-0.39, 0.29) is 16.0 Å². The summed E-state index contributed by atoms with van der Waals surface area (Å²) in [5, 5.41) is 7.29. The van der Waals surface area contributed by atoms with Gasteiger partial charge in [0.25, 0.3) is 0 Å². The van der Waals surface area contributed by atoms with Crippen LogP contribution in [0.2, 0.25) is 0 Å². The fourth-order valence-corrected chi connectivity index (χ4v) is 1.87. The number of nitrogen functional groups attached to an aromatic ring is 1.